The third kappa shape index (κ3) is 15.4. The summed E-state index contributed by atoms with van der Waals surface area (Å²) in [6.07, 6.45) is 0. The van der Waals surface area contributed by atoms with E-state index in [9.17, 15) is 0 Å². The Labute approximate surface area is 141 Å². The quantitative estimate of drug-likeness (QED) is 0.404. The Balaban J connectivity index is -0.0000000440. The Hall–Kier alpha value is -0.832. The van der Waals surface area contributed by atoms with Crippen LogP contribution in [0, 0.1) is 60.9 Å². The van der Waals surface area contributed by atoms with Crippen LogP contribution in [0.3, 0.4) is 0 Å². The maximum atomic E-state index is 7.50. The summed E-state index contributed by atoms with van der Waals surface area (Å²) < 4.78 is 37.5. The summed E-state index contributed by atoms with van der Waals surface area (Å²) in [7, 11) is 0.0931. The zero-order valence-electron chi connectivity index (χ0n) is 12.4. The molecule has 0 N–H and O–H groups in total. The molecule has 0 amide bonds. The third-order valence-electron chi connectivity index (χ3n) is 2.65. The molecule has 1 aromatic heterocycles. The summed E-state index contributed by atoms with van der Waals surface area (Å²) in [5.74, 6) is 0. The fourth-order valence-corrected chi connectivity index (χ4v) is 3.14. The van der Waals surface area contributed by atoms with Crippen LogP contribution in [0.15, 0.2) is 0 Å². The van der Waals surface area contributed by atoms with E-state index in [0.29, 0.717) is 0 Å². The minimum Gasteiger partial charge on any atom is 0 e. The Morgan fingerprint density at radius 3 is 0.762 bits per heavy atom. The molecular formula is C14H15O5PW. The maximum Gasteiger partial charge on any atom is 0 e. The van der Waals surface area contributed by atoms with Gasteiger partial charge in [-0.25, -0.2) is 0 Å². The van der Waals surface area contributed by atoms with Crippen molar-refractivity contribution in [2.24, 2.45) is 6.66 Å². The van der Waals surface area contributed by atoms with Gasteiger partial charge >= 0.3 is 56.5 Å². The molecule has 0 radical (unpaired) electrons. The van der Waals surface area contributed by atoms with Gasteiger partial charge in [-0.05, 0) is 56.1 Å². The van der Waals surface area contributed by atoms with Gasteiger partial charge in [-0.15, -0.1) is 7.53 Å². The van der Waals surface area contributed by atoms with Gasteiger partial charge in [0.15, 0.2) is 0 Å². The Morgan fingerprint density at radius 2 is 0.714 bits per heavy atom. The predicted molar refractivity (Wildman–Crippen MR) is 68.7 cm³/mol. The SMILES string of the molecule is Cc1c(C)c(C)p(C)c1C.[C-]#[O+].[C-]#[O+].[C-]#[O+].[C-]#[O+].[C-]#[O+].[W]. The van der Waals surface area contributed by atoms with E-state index in [2.05, 4.69) is 67.6 Å². The number of rotatable bonds is 0. The van der Waals surface area contributed by atoms with Crippen molar-refractivity contribution >= 4 is 7.53 Å². The van der Waals surface area contributed by atoms with Gasteiger partial charge in [0.05, 0.1) is 0 Å². The molecule has 0 aliphatic carbocycles. The molecule has 0 spiro atoms. The first kappa shape index (κ1) is 36.9. The molecule has 1 aromatic rings. The van der Waals surface area contributed by atoms with E-state index in [4.69, 9.17) is 23.3 Å². The van der Waals surface area contributed by atoms with Crippen molar-refractivity contribution in [2.45, 2.75) is 27.7 Å². The van der Waals surface area contributed by atoms with Gasteiger partial charge in [0.25, 0.3) is 0 Å². The Bertz CT molecular complexity index is 338. The second-order valence-electron chi connectivity index (χ2n) is 2.98. The molecule has 0 atom stereocenters. The van der Waals surface area contributed by atoms with E-state index in [0.717, 1.165) is 0 Å². The van der Waals surface area contributed by atoms with E-state index in [1.807, 2.05) is 0 Å². The van der Waals surface area contributed by atoms with Crippen molar-refractivity contribution in [3.8, 4) is 0 Å². The molecule has 0 aliphatic heterocycles. The van der Waals surface area contributed by atoms with Gasteiger partial charge in [-0.3, -0.25) is 0 Å². The minimum absolute atomic E-state index is 0. The fraction of sp³-hybridized carbons (Fsp3) is 0.357. The smallest absolute Gasteiger partial charge is 0 e. The first-order valence-electron chi connectivity index (χ1n) is 4.67. The molecule has 0 bridgehead atoms. The van der Waals surface area contributed by atoms with Crippen LogP contribution in [0.5, 0.6) is 0 Å². The Morgan fingerprint density at radius 1 is 0.571 bits per heavy atom. The van der Waals surface area contributed by atoms with Crippen LogP contribution in [0.1, 0.15) is 21.7 Å². The predicted octanol–water partition coefficient (Wildman–Crippen LogP) is 3.25. The topological polar surface area (TPSA) is 99.5 Å². The van der Waals surface area contributed by atoms with E-state index in [1.165, 1.54) is 11.1 Å². The molecule has 112 valence electrons. The molecule has 0 saturated carbocycles. The van der Waals surface area contributed by atoms with Crippen molar-refractivity contribution < 1.29 is 44.3 Å². The summed E-state index contributed by atoms with van der Waals surface area (Å²) in [6, 6.07) is 0. The van der Waals surface area contributed by atoms with E-state index in [-0.39, 0.29) is 28.6 Å². The van der Waals surface area contributed by atoms with Crippen molar-refractivity contribution in [1.29, 1.82) is 0 Å². The average Bonchev–Trinajstić information content (AvgIpc) is 2.75. The van der Waals surface area contributed by atoms with Crippen LogP contribution in [-0.4, -0.2) is 0 Å². The van der Waals surface area contributed by atoms with Crippen LogP contribution in [-0.2, 0) is 51.0 Å². The molecule has 0 aliphatic rings. The van der Waals surface area contributed by atoms with Gasteiger partial charge in [-0.2, -0.15) is 0 Å². The maximum absolute atomic E-state index is 7.50. The molecule has 21 heavy (non-hydrogen) atoms. The summed E-state index contributed by atoms with van der Waals surface area (Å²) in [4.78, 5) is 0. The molecule has 1 heterocycles. The second kappa shape index (κ2) is 31.5. The summed E-state index contributed by atoms with van der Waals surface area (Å²) in [5.41, 5.74) is 3.07. The minimum atomic E-state index is 0. The van der Waals surface area contributed by atoms with Gasteiger partial charge < -0.3 is 0 Å². The first-order chi connectivity index (χ1) is 9.55. The monoisotopic (exact) mass is 478 g/mol. The van der Waals surface area contributed by atoms with Gasteiger partial charge in [0.2, 0.25) is 0 Å². The zero-order chi connectivity index (χ0) is 17.9. The van der Waals surface area contributed by atoms with Crippen LogP contribution in [0.25, 0.3) is 0 Å². The van der Waals surface area contributed by atoms with E-state index >= 15 is 0 Å². The van der Waals surface area contributed by atoms with Gasteiger partial charge in [-0.1, -0.05) is 0 Å². The van der Waals surface area contributed by atoms with Gasteiger partial charge in [0.1, 0.15) is 0 Å². The molecule has 1 rings (SSSR count). The number of hydrogen-bond donors (Lipinski definition) is 0. The molecule has 0 saturated heterocycles. The summed E-state index contributed by atoms with van der Waals surface area (Å²) in [5, 5.41) is 3.23. The van der Waals surface area contributed by atoms with Crippen molar-refractivity contribution in [1.82, 2.24) is 0 Å². The fourth-order valence-electron chi connectivity index (χ4n) is 1.30. The average molecular weight is 478 g/mol. The molecule has 0 fully saturated rings. The van der Waals surface area contributed by atoms with Crippen molar-refractivity contribution in [3.05, 3.63) is 55.0 Å². The van der Waals surface area contributed by atoms with Crippen LogP contribution in [0.2, 0.25) is 0 Å². The summed E-state index contributed by atoms with van der Waals surface area (Å²) in [6.45, 7) is 33.8. The molecule has 7 heteroatoms. The molecule has 0 aromatic carbocycles. The molecular weight excluding hydrogens is 463 g/mol. The Kier molecular flexibility index (Phi) is 55.4. The number of hydrogen-bond acceptors (Lipinski definition) is 0. The largest absolute Gasteiger partial charge is 0 e. The normalized spacial score (nSPS) is 5.48. The van der Waals surface area contributed by atoms with Crippen molar-refractivity contribution in [2.75, 3.05) is 0 Å². The standard InChI is InChI=1S/C9H15P.5CO.W/c1-6-7(2)9(4)10(5)8(6)3;5*1-2;/h1-5H3;;;;;;. The van der Waals surface area contributed by atoms with Gasteiger partial charge in [0, 0.05) is 21.1 Å². The molecule has 0 unspecified atom stereocenters. The van der Waals surface area contributed by atoms with Crippen LogP contribution in [0.4, 0.5) is 0 Å². The van der Waals surface area contributed by atoms with Crippen LogP contribution < -0.4 is 0 Å². The van der Waals surface area contributed by atoms with E-state index < -0.39 is 0 Å². The summed E-state index contributed by atoms with van der Waals surface area (Å²) >= 11 is 0. The van der Waals surface area contributed by atoms with Crippen molar-refractivity contribution in [3.63, 3.8) is 0 Å². The zero-order valence-corrected chi connectivity index (χ0v) is 16.2. The molecule has 5 nitrogen and oxygen atoms in total. The van der Waals surface area contributed by atoms with Crippen LogP contribution >= 0.6 is 7.53 Å². The second-order valence-corrected chi connectivity index (χ2v) is 5.44. The first-order valence-corrected chi connectivity index (χ1v) is 6.45. The van der Waals surface area contributed by atoms with E-state index in [1.54, 1.807) is 10.6 Å². The third-order valence-corrected chi connectivity index (χ3v) is 5.34.